The number of aliphatic hydroxyl groups is 4. The van der Waals surface area contributed by atoms with Crippen molar-refractivity contribution < 1.29 is 92.3 Å². The first kappa shape index (κ1) is 36.3. The molecular weight excluding hydrogens is 729 g/mol. The minimum atomic E-state index is -4.91. The van der Waals surface area contributed by atoms with Gasteiger partial charge in [-0.3, -0.25) is 23.0 Å². The third kappa shape index (κ3) is 7.75. The Bertz CT molecular complexity index is 1630. The van der Waals surface area contributed by atoms with E-state index >= 15 is 0 Å². The van der Waals surface area contributed by atoms with Crippen LogP contribution in [0, 0.1) is 0 Å². The molecule has 44 heavy (non-hydrogen) atoms. The maximum atomic E-state index is 13.3. The fourth-order valence-corrected chi connectivity index (χ4v) is 7.80. The maximum absolute atomic E-state index is 13.3. The van der Waals surface area contributed by atoms with E-state index in [9.17, 15) is 39.2 Å². The van der Waals surface area contributed by atoms with Crippen molar-refractivity contribution in [2.24, 2.45) is 0 Å². The van der Waals surface area contributed by atoms with E-state index in [1.165, 1.54) is 0 Å². The molecule has 4 heterocycles. The summed E-state index contributed by atoms with van der Waals surface area (Å²) in [5.74, 6) is 0. The number of imidazole rings is 1. The molecule has 23 heteroatoms. The van der Waals surface area contributed by atoms with E-state index in [1.54, 1.807) is 30.3 Å². The van der Waals surface area contributed by atoms with Crippen LogP contribution in [-0.4, -0.2) is 99.2 Å². The predicted molar refractivity (Wildman–Crippen MR) is 145 cm³/mol. The number of phosphoric ester groups is 1. The molecular formula is C21H24BrN4NaO14P2S. The Hall–Kier alpha value is -0.580. The zero-order valence-electron chi connectivity index (χ0n) is 22.4. The number of rotatable bonds is 10. The summed E-state index contributed by atoms with van der Waals surface area (Å²) in [6.07, 6.45) is -11.4. The van der Waals surface area contributed by atoms with Crippen molar-refractivity contribution in [3.8, 4) is 0 Å². The molecule has 0 radical (unpaired) electrons. The minimum absolute atomic E-state index is 0. The molecule has 5 rings (SSSR count). The van der Waals surface area contributed by atoms with E-state index in [-0.39, 0.29) is 45.5 Å². The molecule has 6 N–H and O–H groups in total. The molecule has 18 nitrogen and oxygen atoms in total. The smallest absolute Gasteiger partial charge is 0.770 e. The first-order valence-electron chi connectivity index (χ1n) is 12.2. The van der Waals surface area contributed by atoms with Gasteiger partial charge in [0.15, 0.2) is 35.2 Å². The summed E-state index contributed by atoms with van der Waals surface area (Å²) in [6, 6.07) is 8.16. The molecule has 1 unspecified atom stereocenters. The van der Waals surface area contributed by atoms with Crippen molar-refractivity contribution in [3.63, 3.8) is 0 Å². The molecule has 2 aliphatic heterocycles. The van der Waals surface area contributed by atoms with Gasteiger partial charge in [0.05, 0.1) is 13.2 Å². The second kappa shape index (κ2) is 14.3. The number of halogens is 1. The number of hydrogen-bond donors (Lipinski definition) is 6. The third-order valence-corrected chi connectivity index (χ3v) is 10.4. The van der Waals surface area contributed by atoms with E-state index in [2.05, 4.69) is 30.4 Å². The van der Waals surface area contributed by atoms with E-state index in [4.69, 9.17) is 23.8 Å². The second-order valence-corrected chi connectivity index (χ2v) is 15.1. The number of fused-ring (bicyclic) bond motifs is 1. The Labute approximate surface area is 281 Å². The maximum Gasteiger partial charge on any atom is 1.00 e. The quantitative estimate of drug-likeness (QED) is 0.0654. The van der Waals surface area contributed by atoms with Crippen molar-refractivity contribution in [2.45, 2.75) is 54.0 Å². The average molecular weight is 753 g/mol. The van der Waals surface area contributed by atoms with Crippen LogP contribution >= 0.6 is 41.9 Å². The Morgan fingerprint density at radius 2 is 1.52 bits per heavy atom. The van der Waals surface area contributed by atoms with Crippen LogP contribution in [0.2, 0.25) is 0 Å². The Morgan fingerprint density at radius 1 is 0.955 bits per heavy atom. The summed E-state index contributed by atoms with van der Waals surface area (Å²) in [5.41, 5.74) is -1.34. The molecule has 0 amide bonds. The van der Waals surface area contributed by atoms with Gasteiger partial charge in [-0.25, -0.2) is 14.5 Å². The van der Waals surface area contributed by atoms with E-state index in [0.29, 0.717) is 16.3 Å². The average Bonchev–Trinajstić information content (AvgIpc) is 3.52. The minimum Gasteiger partial charge on any atom is -0.770 e. The van der Waals surface area contributed by atoms with Gasteiger partial charge in [0.2, 0.25) is 0 Å². The van der Waals surface area contributed by atoms with E-state index in [1.807, 2.05) is 0 Å². The molecule has 0 bridgehead atoms. The van der Waals surface area contributed by atoms with Crippen LogP contribution in [0.25, 0.3) is 11.2 Å². The van der Waals surface area contributed by atoms with Gasteiger partial charge in [-0.1, -0.05) is 18.2 Å². The van der Waals surface area contributed by atoms with Gasteiger partial charge in [0, 0.05) is 4.90 Å². The van der Waals surface area contributed by atoms with Crippen molar-refractivity contribution in [2.75, 3.05) is 13.2 Å². The molecule has 1 aromatic carbocycles. The monoisotopic (exact) mass is 752 g/mol. The molecule has 0 aliphatic carbocycles. The molecule has 3 aromatic rings. The summed E-state index contributed by atoms with van der Waals surface area (Å²) in [4.78, 5) is 52.2. The molecule has 0 spiro atoms. The number of phosphoric acid groups is 1. The van der Waals surface area contributed by atoms with Crippen LogP contribution in [-0.2, 0) is 27.7 Å². The number of benzene rings is 1. The largest absolute Gasteiger partial charge is 1.00 e. The van der Waals surface area contributed by atoms with Crippen LogP contribution in [0.1, 0.15) is 12.5 Å². The van der Waals surface area contributed by atoms with Crippen LogP contribution < -0.4 is 40.0 Å². The van der Waals surface area contributed by atoms with Crippen molar-refractivity contribution in [3.05, 3.63) is 51.7 Å². The standard InChI is InChI=1S/C21H25BrN4O14P2S.Na/c22-21-24-12-17(23-8-25(18(12)31)19-15(29)13(27)10(39-19)6-37-41(32,33)34)26(21)20-16(30)14(28)11(40-20)7-38-42(35,36)43-9-4-2-1-3-5-9;/h1-5,8,10-11,13-16,19-20,27-30H,6-7H2,(H,35,36)(H2,32,33,34);/q;+1/p-1/t10-,11-,13-,14-,15-,16-,19-,20-;/m1./s1. The van der Waals surface area contributed by atoms with Gasteiger partial charge in [-0.05, 0) is 39.4 Å². The van der Waals surface area contributed by atoms with Gasteiger partial charge < -0.3 is 49.1 Å². The zero-order valence-corrected chi connectivity index (χ0v) is 28.6. The number of ether oxygens (including phenoxy) is 2. The first-order valence-corrected chi connectivity index (χ1v) is 17.5. The van der Waals surface area contributed by atoms with Crippen LogP contribution in [0.3, 0.4) is 0 Å². The van der Waals surface area contributed by atoms with Crippen molar-refractivity contribution >= 4 is 53.1 Å². The summed E-state index contributed by atoms with van der Waals surface area (Å²) in [5, 5.41) is 42.0. The van der Waals surface area contributed by atoms with Gasteiger partial charge in [-0.2, -0.15) is 0 Å². The van der Waals surface area contributed by atoms with E-state index < -0.39 is 82.5 Å². The summed E-state index contributed by atoms with van der Waals surface area (Å²) < 4.78 is 45.8. The molecule has 0 saturated carbocycles. The molecule has 2 saturated heterocycles. The van der Waals surface area contributed by atoms with Gasteiger partial charge in [0.1, 0.15) is 43.0 Å². The first-order chi connectivity index (χ1) is 20.2. The number of nitrogens with zero attached hydrogens (tertiary/aromatic N) is 4. The predicted octanol–water partition coefficient (Wildman–Crippen LogP) is -4.02. The zero-order chi connectivity index (χ0) is 31.3. The van der Waals surface area contributed by atoms with Crippen LogP contribution in [0.4, 0.5) is 0 Å². The Morgan fingerprint density at radius 3 is 2.14 bits per heavy atom. The van der Waals surface area contributed by atoms with Gasteiger partial charge in [-0.15, -0.1) is 0 Å². The van der Waals surface area contributed by atoms with Crippen molar-refractivity contribution in [1.82, 2.24) is 19.1 Å². The summed E-state index contributed by atoms with van der Waals surface area (Å²) in [6.45, 7) is -5.90. The number of aromatic nitrogens is 4. The van der Waals surface area contributed by atoms with Gasteiger partial charge >= 0.3 is 37.4 Å². The van der Waals surface area contributed by atoms with Crippen molar-refractivity contribution in [1.29, 1.82) is 0 Å². The molecule has 236 valence electrons. The number of hydrogen-bond acceptors (Lipinski definition) is 15. The number of aliphatic hydroxyl groups excluding tert-OH is 4. The Kier molecular flexibility index (Phi) is 11.8. The fourth-order valence-electron chi connectivity index (χ4n) is 4.51. The molecule has 2 aromatic heterocycles. The fraction of sp³-hybridized carbons (Fsp3) is 0.476. The molecule has 2 aliphatic rings. The van der Waals surface area contributed by atoms with Crippen LogP contribution in [0.5, 0.6) is 0 Å². The summed E-state index contributed by atoms with van der Waals surface area (Å²) in [7, 11) is -4.91. The summed E-state index contributed by atoms with van der Waals surface area (Å²) >= 11 is 3.63. The molecule has 9 atom stereocenters. The topological polar surface area (TPSA) is 268 Å². The second-order valence-electron chi connectivity index (χ2n) is 9.41. The SMILES string of the molecule is O=c1c2nc(Br)n([C@@H]3O[C@H](COP(=O)([O-])Sc4ccccc4)[C@@H](O)[C@H]3O)c2ncn1[C@@H]1O[C@H](COP(=O)(O)O)[C@@H](O)[C@H]1O.[Na+]. The van der Waals surface area contributed by atoms with E-state index in [0.717, 1.165) is 15.5 Å². The Balaban J connectivity index is 0.00000442. The van der Waals surface area contributed by atoms with Crippen LogP contribution in [0.15, 0.2) is 51.1 Å². The molecule has 2 fully saturated rings. The normalized spacial score (nSPS) is 30.4. The van der Waals surface area contributed by atoms with Gasteiger partial charge in [0.25, 0.3) is 5.56 Å². The third-order valence-electron chi connectivity index (χ3n) is 6.55.